The number of fused-ring (bicyclic) bond motifs is 1. The van der Waals surface area contributed by atoms with E-state index < -0.39 is 0 Å². The summed E-state index contributed by atoms with van der Waals surface area (Å²) in [7, 11) is 0. The molecule has 5 heteroatoms. The van der Waals surface area contributed by atoms with Crippen molar-refractivity contribution in [2.45, 2.75) is 25.0 Å². The minimum absolute atomic E-state index is 0.358. The van der Waals surface area contributed by atoms with Crippen LogP contribution >= 0.6 is 22.9 Å². The van der Waals surface area contributed by atoms with Crippen LogP contribution in [0.2, 0.25) is 4.47 Å². The van der Waals surface area contributed by atoms with Gasteiger partial charge >= 0.3 is 0 Å². The molecule has 14 heavy (non-hydrogen) atoms. The van der Waals surface area contributed by atoms with Crippen molar-refractivity contribution in [2.75, 3.05) is 13.2 Å². The summed E-state index contributed by atoms with van der Waals surface area (Å²) in [6.07, 6.45) is 2.63. The number of aryl methyl sites for hydroxylation is 1. The number of thiazole rings is 1. The Labute approximate surface area is 91.0 Å². The SMILES string of the molecule is Clc1nc2c(s1)CC1(CC2)OCCO1. The number of halogens is 1. The molecule has 0 N–H and O–H groups in total. The zero-order valence-electron chi connectivity index (χ0n) is 7.59. The minimum Gasteiger partial charge on any atom is -0.347 e. The van der Waals surface area contributed by atoms with Gasteiger partial charge in [-0.05, 0) is 6.42 Å². The molecule has 1 saturated heterocycles. The van der Waals surface area contributed by atoms with Gasteiger partial charge in [-0.25, -0.2) is 4.98 Å². The molecule has 1 spiro atoms. The second-order valence-electron chi connectivity index (χ2n) is 3.62. The molecule has 0 bridgehead atoms. The largest absolute Gasteiger partial charge is 0.347 e. The molecular weight excluding hydrogens is 222 g/mol. The summed E-state index contributed by atoms with van der Waals surface area (Å²) >= 11 is 7.42. The smallest absolute Gasteiger partial charge is 0.184 e. The molecule has 76 valence electrons. The standard InChI is InChI=1S/C9H10ClNO2S/c10-8-11-6-1-2-9(5-7(6)14-8)12-3-4-13-9/h1-5H2. The third-order valence-corrected chi connectivity index (χ3v) is 3.94. The van der Waals surface area contributed by atoms with E-state index in [4.69, 9.17) is 21.1 Å². The topological polar surface area (TPSA) is 31.4 Å². The molecule has 0 amide bonds. The predicted molar refractivity (Wildman–Crippen MR) is 53.8 cm³/mol. The summed E-state index contributed by atoms with van der Waals surface area (Å²) in [6.45, 7) is 1.42. The first-order chi connectivity index (χ1) is 6.77. The second-order valence-corrected chi connectivity index (χ2v) is 5.29. The first-order valence-corrected chi connectivity index (χ1v) is 5.89. The number of nitrogens with zero attached hydrogens (tertiary/aromatic N) is 1. The number of rotatable bonds is 0. The summed E-state index contributed by atoms with van der Waals surface area (Å²) in [5.41, 5.74) is 1.13. The first-order valence-electron chi connectivity index (χ1n) is 4.69. The fraction of sp³-hybridized carbons (Fsp3) is 0.667. The van der Waals surface area contributed by atoms with Crippen LogP contribution in [0.25, 0.3) is 0 Å². The molecule has 1 aliphatic carbocycles. The maximum atomic E-state index is 5.87. The number of ether oxygens (including phenoxy) is 2. The normalized spacial score (nSPS) is 24.1. The Bertz CT molecular complexity index is 360. The van der Waals surface area contributed by atoms with Crippen LogP contribution in [0.5, 0.6) is 0 Å². The van der Waals surface area contributed by atoms with Gasteiger partial charge in [0, 0.05) is 17.7 Å². The maximum Gasteiger partial charge on any atom is 0.184 e. The van der Waals surface area contributed by atoms with Crippen molar-refractivity contribution in [2.24, 2.45) is 0 Å². The number of hydrogen-bond donors (Lipinski definition) is 0. The number of aromatic nitrogens is 1. The van der Waals surface area contributed by atoms with E-state index >= 15 is 0 Å². The van der Waals surface area contributed by atoms with Crippen molar-refractivity contribution >= 4 is 22.9 Å². The summed E-state index contributed by atoms with van der Waals surface area (Å²) in [4.78, 5) is 5.50. The highest BCUT2D eigenvalue weighted by Gasteiger charge is 2.41. The molecule has 0 aromatic carbocycles. The van der Waals surface area contributed by atoms with E-state index in [1.165, 1.54) is 4.88 Å². The molecule has 1 fully saturated rings. The van der Waals surface area contributed by atoms with Gasteiger partial charge in [-0.2, -0.15) is 0 Å². The molecule has 1 aromatic rings. The average molecular weight is 232 g/mol. The Morgan fingerprint density at radius 1 is 1.36 bits per heavy atom. The van der Waals surface area contributed by atoms with Gasteiger partial charge in [0.2, 0.25) is 0 Å². The highest BCUT2D eigenvalue weighted by atomic mass is 35.5. The minimum atomic E-state index is -0.358. The Morgan fingerprint density at radius 2 is 2.14 bits per heavy atom. The summed E-state index contributed by atoms with van der Waals surface area (Å²) in [6, 6.07) is 0. The molecule has 2 aliphatic rings. The molecule has 0 atom stereocenters. The van der Waals surface area contributed by atoms with Crippen LogP contribution in [0.4, 0.5) is 0 Å². The average Bonchev–Trinajstić information content (AvgIpc) is 2.72. The number of hydrogen-bond acceptors (Lipinski definition) is 4. The third kappa shape index (κ3) is 1.37. The van der Waals surface area contributed by atoms with Crippen LogP contribution in [0.1, 0.15) is 17.0 Å². The Kier molecular flexibility index (Phi) is 2.06. The molecule has 2 heterocycles. The molecule has 3 rings (SSSR count). The highest BCUT2D eigenvalue weighted by molar-refractivity contribution is 7.15. The van der Waals surface area contributed by atoms with E-state index in [-0.39, 0.29) is 5.79 Å². The van der Waals surface area contributed by atoms with Crippen LogP contribution in [-0.4, -0.2) is 24.0 Å². The third-order valence-electron chi connectivity index (χ3n) is 2.74. The van der Waals surface area contributed by atoms with Gasteiger partial charge in [0.15, 0.2) is 10.3 Å². The van der Waals surface area contributed by atoms with Crippen LogP contribution in [0.3, 0.4) is 0 Å². The molecule has 0 unspecified atom stereocenters. The van der Waals surface area contributed by atoms with Gasteiger partial charge in [-0.3, -0.25) is 0 Å². The van der Waals surface area contributed by atoms with Gasteiger partial charge in [-0.1, -0.05) is 11.6 Å². The lowest BCUT2D eigenvalue weighted by Gasteiger charge is -2.30. The Balaban J connectivity index is 1.92. The summed E-state index contributed by atoms with van der Waals surface area (Å²) < 4.78 is 12.0. The lowest BCUT2D eigenvalue weighted by molar-refractivity contribution is -0.163. The van der Waals surface area contributed by atoms with Gasteiger partial charge in [0.25, 0.3) is 0 Å². The highest BCUT2D eigenvalue weighted by Crippen LogP contribution is 2.38. The van der Waals surface area contributed by atoms with E-state index in [1.54, 1.807) is 11.3 Å². The van der Waals surface area contributed by atoms with E-state index in [0.717, 1.165) is 25.0 Å². The van der Waals surface area contributed by atoms with Crippen molar-refractivity contribution in [3.8, 4) is 0 Å². The molecule has 3 nitrogen and oxygen atoms in total. The van der Waals surface area contributed by atoms with E-state index in [2.05, 4.69) is 4.98 Å². The quantitative estimate of drug-likeness (QED) is 0.685. The summed E-state index contributed by atoms with van der Waals surface area (Å²) in [5, 5.41) is 0. The molecular formula is C9H10ClNO2S. The van der Waals surface area contributed by atoms with Crippen LogP contribution in [0.15, 0.2) is 0 Å². The first kappa shape index (κ1) is 9.09. The van der Waals surface area contributed by atoms with Crippen LogP contribution in [-0.2, 0) is 22.3 Å². The van der Waals surface area contributed by atoms with E-state index in [9.17, 15) is 0 Å². The van der Waals surface area contributed by atoms with Crippen LogP contribution < -0.4 is 0 Å². The monoisotopic (exact) mass is 231 g/mol. The summed E-state index contributed by atoms with van der Waals surface area (Å²) in [5.74, 6) is -0.358. The molecule has 1 aromatic heterocycles. The van der Waals surface area contributed by atoms with Gasteiger partial charge in [-0.15, -0.1) is 11.3 Å². The van der Waals surface area contributed by atoms with Crippen molar-refractivity contribution < 1.29 is 9.47 Å². The van der Waals surface area contributed by atoms with Crippen molar-refractivity contribution in [3.05, 3.63) is 15.0 Å². The second kappa shape index (κ2) is 3.17. The zero-order chi connectivity index (χ0) is 9.60. The van der Waals surface area contributed by atoms with Gasteiger partial charge in [0.1, 0.15) is 0 Å². The molecule has 1 aliphatic heterocycles. The van der Waals surface area contributed by atoms with Crippen molar-refractivity contribution in [3.63, 3.8) is 0 Å². The predicted octanol–water partition coefficient (Wildman–Crippen LogP) is 2.03. The lowest BCUT2D eigenvalue weighted by Crippen LogP contribution is -2.36. The zero-order valence-corrected chi connectivity index (χ0v) is 9.16. The van der Waals surface area contributed by atoms with Crippen molar-refractivity contribution in [1.29, 1.82) is 0 Å². The maximum absolute atomic E-state index is 5.87. The Morgan fingerprint density at radius 3 is 2.93 bits per heavy atom. The van der Waals surface area contributed by atoms with E-state index in [0.29, 0.717) is 17.7 Å². The fourth-order valence-corrected chi connectivity index (χ4v) is 3.37. The van der Waals surface area contributed by atoms with Gasteiger partial charge in [0.05, 0.1) is 18.9 Å². The lowest BCUT2D eigenvalue weighted by atomic mass is 9.96. The Hall–Kier alpha value is -0.160. The van der Waals surface area contributed by atoms with E-state index in [1.807, 2.05) is 0 Å². The fourth-order valence-electron chi connectivity index (χ4n) is 2.07. The van der Waals surface area contributed by atoms with Crippen LogP contribution in [0, 0.1) is 0 Å². The molecule has 0 saturated carbocycles. The van der Waals surface area contributed by atoms with Crippen molar-refractivity contribution in [1.82, 2.24) is 4.98 Å². The van der Waals surface area contributed by atoms with Gasteiger partial charge < -0.3 is 9.47 Å². The molecule has 0 radical (unpaired) electrons.